The van der Waals surface area contributed by atoms with E-state index < -0.39 is 0 Å². The summed E-state index contributed by atoms with van der Waals surface area (Å²) in [6.45, 7) is 0. The smallest absolute Gasteiger partial charge is 0.154 e. The third kappa shape index (κ3) is 2.10. The monoisotopic (exact) mass is 310 g/mol. The number of phenols is 1. The topological polar surface area (TPSA) is 37.3 Å². The highest BCUT2D eigenvalue weighted by atomic mass is 16.3. The summed E-state index contributed by atoms with van der Waals surface area (Å²) in [5.74, 6) is 4.69. The molecule has 6 unspecified atom stereocenters. The first kappa shape index (κ1) is 14.1. The van der Waals surface area contributed by atoms with Crippen LogP contribution < -0.4 is 0 Å². The van der Waals surface area contributed by atoms with Gasteiger partial charge in [-0.3, -0.25) is 4.79 Å². The number of hydrogen-bond donors (Lipinski definition) is 1. The van der Waals surface area contributed by atoms with Gasteiger partial charge in [0.25, 0.3) is 0 Å². The lowest BCUT2D eigenvalue weighted by molar-refractivity contribution is 0.111. The Morgan fingerprint density at radius 2 is 1.52 bits per heavy atom. The number of benzene rings is 1. The second-order valence-electron chi connectivity index (χ2n) is 8.72. The maximum Gasteiger partial charge on any atom is 0.154 e. The zero-order valence-corrected chi connectivity index (χ0v) is 13.7. The highest BCUT2D eigenvalue weighted by Gasteiger charge is 2.43. The van der Waals surface area contributed by atoms with Gasteiger partial charge in [0, 0.05) is 0 Å². The standard InChI is InChI=1S/C21H26O2/c22-11-20-19(18-8-13-2-4-15(18)6-13)9-16(10-21(20)23)17-7-12-1-3-14(17)5-12/h9-15,17-18,23H,1-8H2. The molecule has 0 amide bonds. The van der Waals surface area contributed by atoms with Crippen molar-refractivity contribution in [3.63, 3.8) is 0 Å². The molecule has 0 heterocycles. The predicted octanol–water partition coefficient (Wildman–Crippen LogP) is 5.01. The van der Waals surface area contributed by atoms with E-state index in [1.54, 1.807) is 0 Å². The van der Waals surface area contributed by atoms with Gasteiger partial charge in [-0.25, -0.2) is 0 Å². The number of carbonyl (C=O) groups is 1. The summed E-state index contributed by atoms with van der Waals surface area (Å²) < 4.78 is 0. The Labute approximate surface area is 138 Å². The largest absolute Gasteiger partial charge is 0.507 e. The van der Waals surface area contributed by atoms with Gasteiger partial charge in [0.15, 0.2) is 6.29 Å². The summed E-state index contributed by atoms with van der Waals surface area (Å²) in [5, 5.41) is 10.5. The zero-order chi connectivity index (χ0) is 15.6. The summed E-state index contributed by atoms with van der Waals surface area (Å²) in [6, 6.07) is 4.23. The molecule has 0 aliphatic heterocycles. The lowest BCUT2D eigenvalue weighted by atomic mass is 9.77. The van der Waals surface area contributed by atoms with Gasteiger partial charge in [-0.1, -0.05) is 18.9 Å². The van der Waals surface area contributed by atoms with E-state index in [2.05, 4.69) is 6.07 Å². The summed E-state index contributed by atoms with van der Waals surface area (Å²) in [5.41, 5.74) is 3.07. The van der Waals surface area contributed by atoms with E-state index in [9.17, 15) is 9.90 Å². The molecule has 4 bridgehead atoms. The molecule has 2 heteroatoms. The van der Waals surface area contributed by atoms with Crippen molar-refractivity contribution >= 4 is 6.29 Å². The number of fused-ring (bicyclic) bond motifs is 4. The molecule has 0 aromatic heterocycles. The molecule has 0 spiro atoms. The van der Waals surface area contributed by atoms with Crippen LogP contribution in [0.25, 0.3) is 0 Å². The van der Waals surface area contributed by atoms with E-state index in [1.807, 2.05) is 6.07 Å². The third-order valence-corrected chi connectivity index (χ3v) is 7.63. The van der Waals surface area contributed by atoms with E-state index in [0.717, 1.165) is 30.0 Å². The Balaban J connectivity index is 1.55. The molecule has 1 aromatic carbocycles. The van der Waals surface area contributed by atoms with Crippen LogP contribution in [0.15, 0.2) is 12.1 Å². The predicted molar refractivity (Wildman–Crippen MR) is 89.9 cm³/mol. The van der Waals surface area contributed by atoms with Gasteiger partial charge in [0.1, 0.15) is 5.75 Å². The normalized spacial score (nSPS) is 40.9. The second-order valence-corrected chi connectivity index (χ2v) is 8.72. The minimum atomic E-state index is 0.234. The first-order valence-corrected chi connectivity index (χ1v) is 9.55. The molecule has 5 rings (SSSR count). The first-order valence-electron chi connectivity index (χ1n) is 9.55. The molecule has 1 N–H and O–H groups in total. The van der Waals surface area contributed by atoms with Gasteiger partial charge in [-0.2, -0.15) is 0 Å². The minimum Gasteiger partial charge on any atom is -0.507 e. The van der Waals surface area contributed by atoms with Gasteiger partial charge >= 0.3 is 0 Å². The van der Waals surface area contributed by atoms with E-state index in [-0.39, 0.29) is 5.75 Å². The van der Waals surface area contributed by atoms with Crippen LogP contribution >= 0.6 is 0 Å². The molecular weight excluding hydrogens is 284 g/mol. The molecule has 4 saturated carbocycles. The molecule has 4 aliphatic carbocycles. The maximum absolute atomic E-state index is 11.6. The number of phenolic OH excluding ortho intramolecular Hbond substituents is 1. The average Bonchev–Trinajstić information content (AvgIpc) is 3.33. The molecule has 23 heavy (non-hydrogen) atoms. The average molecular weight is 310 g/mol. The van der Waals surface area contributed by atoms with Crippen LogP contribution in [0, 0.1) is 23.7 Å². The van der Waals surface area contributed by atoms with E-state index in [0.29, 0.717) is 17.4 Å². The van der Waals surface area contributed by atoms with Crippen LogP contribution in [-0.4, -0.2) is 11.4 Å². The SMILES string of the molecule is O=Cc1c(O)cc(C2CC3CCC2C3)cc1C1CC2CCC1C2. The van der Waals surface area contributed by atoms with Gasteiger partial charge in [0.05, 0.1) is 5.56 Å². The number of hydrogen-bond acceptors (Lipinski definition) is 2. The summed E-state index contributed by atoms with van der Waals surface area (Å²) in [6.07, 6.45) is 11.6. The van der Waals surface area contributed by atoms with Crippen LogP contribution in [0.4, 0.5) is 0 Å². The van der Waals surface area contributed by atoms with E-state index in [4.69, 9.17) is 0 Å². The van der Waals surface area contributed by atoms with E-state index >= 15 is 0 Å². The highest BCUT2D eigenvalue weighted by molar-refractivity contribution is 5.82. The molecule has 4 fully saturated rings. The van der Waals surface area contributed by atoms with Crippen LogP contribution in [0.2, 0.25) is 0 Å². The number of aromatic hydroxyl groups is 1. The van der Waals surface area contributed by atoms with Crippen molar-refractivity contribution in [2.45, 2.75) is 63.2 Å². The summed E-state index contributed by atoms with van der Waals surface area (Å²) >= 11 is 0. The van der Waals surface area contributed by atoms with Crippen LogP contribution in [-0.2, 0) is 0 Å². The van der Waals surface area contributed by atoms with Crippen LogP contribution in [0.1, 0.15) is 84.7 Å². The van der Waals surface area contributed by atoms with Crippen molar-refractivity contribution < 1.29 is 9.90 Å². The number of carbonyl (C=O) groups excluding carboxylic acids is 1. The van der Waals surface area contributed by atoms with Crippen LogP contribution in [0.5, 0.6) is 5.75 Å². The fourth-order valence-corrected chi connectivity index (χ4v) is 6.61. The molecule has 4 aliphatic rings. The van der Waals surface area contributed by atoms with Crippen molar-refractivity contribution in [1.29, 1.82) is 0 Å². The molecule has 6 atom stereocenters. The van der Waals surface area contributed by atoms with Gasteiger partial charge in [-0.05, 0) is 91.2 Å². The van der Waals surface area contributed by atoms with Crippen molar-refractivity contribution in [3.05, 3.63) is 28.8 Å². The molecule has 1 aromatic rings. The number of rotatable bonds is 3. The second kappa shape index (κ2) is 5.09. The van der Waals surface area contributed by atoms with E-state index in [1.165, 1.54) is 62.5 Å². The zero-order valence-electron chi connectivity index (χ0n) is 13.7. The fraction of sp³-hybridized carbons (Fsp3) is 0.667. The third-order valence-electron chi connectivity index (χ3n) is 7.63. The van der Waals surface area contributed by atoms with Gasteiger partial charge in [-0.15, -0.1) is 0 Å². The Morgan fingerprint density at radius 3 is 2.04 bits per heavy atom. The molecule has 0 radical (unpaired) electrons. The van der Waals surface area contributed by atoms with Crippen molar-refractivity contribution in [2.24, 2.45) is 23.7 Å². The Kier molecular flexibility index (Phi) is 3.11. The molecule has 2 nitrogen and oxygen atoms in total. The lowest BCUT2D eigenvalue weighted by Crippen LogP contribution is -2.14. The van der Waals surface area contributed by atoms with Gasteiger partial charge in [0.2, 0.25) is 0 Å². The molecular formula is C21H26O2. The first-order chi connectivity index (χ1) is 11.2. The maximum atomic E-state index is 11.6. The Morgan fingerprint density at radius 1 is 0.870 bits per heavy atom. The lowest BCUT2D eigenvalue weighted by Gasteiger charge is -2.27. The van der Waals surface area contributed by atoms with Crippen molar-refractivity contribution in [1.82, 2.24) is 0 Å². The fourth-order valence-electron chi connectivity index (χ4n) is 6.61. The Bertz CT molecular complexity index is 649. The minimum absolute atomic E-state index is 0.234. The van der Waals surface area contributed by atoms with Crippen molar-refractivity contribution in [3.8, 4) is 5.75 Å². The highest BCUT2D eigenvalue weighted by Crippen LogP contribution is 2.56. The Hall–Kier alpha value is -1.31. The quantitative estimate of drug-likeness (QED) is 0.797. The summed E-state index contributed by atoms with van der Waals surface area (Å²) in [4.78, 5) is 11.6. The van der Waals surface area contributed by atoms with Crippen molar-refractivity contribution in [2.75, 3.05) is 0 Å². The van der Waals surface area contributed by atoms with Crippen LogP contribution in [0.3, 0.4) is 0 Å². The van der Waals surface area contributed by atoms with Gasteiger partial charge < -0.3 is 5.11 Å². The molecule has 122 valence electrons. The molecule has 0 saturated heterocycles. The number of aldehydes is 1. The summed E-state index contributed by atoms with van der Waals surface area (Å²) in [7, 11) is 0.